The van der Waals surface area contributed by atoms with E-state index >= 15 is 0 Å². The van der Waals surface area contributed by atoms with E-state index in [0.717, 1.165) is 5.56 Å². The quantitative estimate of drug-likeness (QED) is 0.920. The number of ether oxygens (including phenoxy) is 2. The Balaban J connectivity index is 1.82. The SMILES string of the molecule is COc1ccc(F)cc1CC1(O)CC2COCC(C1)N2C. The highest BCUT2D eigenvalue weighted by Crippen LogP contribution is 2.37. The van der Waals surface area contributed by atoms with Crippen molar-refractivity contribution in [3.8, 4) is 5.75 Å². The summed E-state index contributed by atoms with van der Waals surface area (Å²) in [5.41, 5.74) is -0.101. The van der Waals surface area contributed by atoms with Gasteiger partial charge >= 0.3 is 0 Å². The van der Waals surface area contributed by atoms with Crippen LogP contribution in [0.3, 0.4) is 0 Å². The van der Waals surface area contributed by atoms with Crippen molar-refractivity contribution in [2.75, 3.05) is 27.4 Å². The van der Waals surface area contributed by atoms with Gasteiger partial charge in [-0.15, -0.1) is 0 Å². The van der Waals surface area contributed by atoms with Gasteiger partial charge in [-0.1, -0.05) is 0 Å². The molecular weight excluding hydrogens is 273 g/mol. The van der Waals surface area contributed by atoms with E-state index in [-0.39, 0.29) is 17.9 Å². The molecule has 2 fully saturated rings. The normalized spacial score (nSPS) is 33.0. The minimum Gasteiger partial charge on any atom is -0.496 e. The van der Waals surface area contributed by atoms with Crippen molar-refractivity contribution in [1.29, 1.82) is 0 Å². The van der Waals surface area contributed by atoms with E-state index in [1.165, 1.54) is 12.1 Å². The van der Waals surface area contributed by atoms with Crippen molar-refractivity contribution < 1.29 is 19.0 Å². The molecule has 116 valence electrons. The summed E-state index contributed by atoms with van der Waals surface area (Å²) in [6, 6.07) is 4.90. The molecule has 2 aliphatic heterocycles. The van der Waals surface area contributed by atoms with Gasteiger partial charge in [0.25, 0.3) is 0 Å². The fourth-order valence-corrected chi connectivity index (χ4v) is 3.62. The lowest BCUT2D eigenvalue weighted by atomic mass is 9.78. The number of methoxy groups -OCH3 is 1. The van der Waals surface area contributed by atoms with Crippen LogP contribution in [0.15, 0.2) is 18.2 Å². The van der Waals surface area contributed by atoms with Crippen LogP contribution in [0.2, 0.25) is 0 Å². The highest BCUT2D eigenvalue weighted by molar-refractivity contribution is 5.35. The van der Waals surface area contributed by atoms with Crippen LogP contribution < -0.4 is 4.74 Å². The summed E-state index contributed by atoms with van der Waals surface area (Å²) < 4.78 is 24.4. The molecule has 0 amide bonds. The monoisotopic (exact) mass is 295 g/mol. The molecule has 0 spiro atoms. The van der Waals surface area contributed by atoms with Gasteiger partial charge in [0.2, 0.25) is 0 Å². The Hall–Kier alpha value is -1.17. The maximum atomic E-state index is 13.5. The molecule has 1 N–H and O–H groups in total. The fourth-order valence-electron chi connectivity index (χ4n) is 3.62. The van der Waals surface area contributed by atoms with E-state index in [2.05, 4.69) is 11.9 Å². The van der Waals surface area contributed by atoms with Gasteiger partial charge in [0.05, 0.1) is 25.9 Å². The molecule has 1 aromatic rings. The third-order valence-electron chi connectivity index (χ3n) is 4.77. The summed E-state index contributed by atoms with van der Waals surface area (Å²) in [7, 11) is 3.65. The lowest BCUT2D eigenvalue weighted by molar-refractivity contribution is -0.133. The first-order valence-electron chi connectivity index (χ1n) is 7.35. The topological polar surface area (TPSA) is 41.9 Å². The molecule has 3 rings (SSSR count). The molecule has 0 radical (unpaired) electrons. The molecule has 5 heteroatoms. The van der Waals surface area contributed by atoms with Crippen LogP contribution in [0.1, 0.15) is 18.4 Å². The number of fused-ring (bicyclic) bond motifs is 2. The van der Waals surface area contributed by atoms with Crippen LogP contribution in [-0.2, 0) is 11.2 Å². The van der Waals surface area contributed by atoms with Gasteiger partial charge < -0.3 is 14.6 Å². The van der Waals surface area contributed by atoms with Gasteiger partial charge in [-0.2, -0.15) is 0 Å². The smallest absolute Gasteiger partial charge is 0.123 e. The Morgan fingerprint density at radius 3 is 2.67 bits per heavy atom. The minimum absolute atomic E-state index is 0.224. The van der Waals surface area contributed by atoms with E-state index in [1.54, 1.807) is 13.2 Å². The molecule has 2 bridgehead atoms. The second-order valence-corrected chi connectivity index (χ2v) is 6.28. The first-order chi connectivity index (χ1) is 10.0. The molecule has 2 atom stereocenters. The first kappa shape index (κ1) is 14.8. The van der Waals surface area contributed by atoms with E-state index < -0.39 is 5.60 Å². The van der Waals surface area contributed by atoms with Gasteiger partial charge in [-0.3, -0.25) is 4.90 Å². The average Bonchev–Trinajstić information content (AvgIpc) is 2.41. The van der Waals surface area contributed by atoms with Gasteiger partial charge in [-0.05, 0) is 43.7 Å². The number of piperidine rings is 1. The summed E-state index contributed by atoms with van der Waals surface area (Å²) in [6.07, 6.45) is 1.69. The predicted octanol–water partition coefficient (Wildman–Crippen LogP) is 1.60. The number of halogens is 1. The maximum Gasteiger partial charge on any atom is 0.123 e. The number of morpholine rings is 1. The summed E-state index contributed by atoms with van der Waals surface area (Å²) in [5, 5.41) is 11.0. The number of benzene rings is 1. The molecule has 21 heavy (non-hydrogen) atoms. The van der Waals surface area contributed by atoms with E-state index in [9.17, 15) is 9.50 Å². The minimum atomic E-state index is -0.827. The summed E-state index contributed by atoms with van der Waals surface area (Å²) in [5.74, 6) is 0.330. The fraction of sp³-hybridized carbons (Fsp3) is 0.625. The molecule has 2 unspecified atom stereocenters. The zero-order chi connectivity index (χ0) is 15.0. The summed E-state index contributed by atoms with van der Waals surface area (Å²) in [4.78, 5) is 2.29. The van der Waals surface area contributed by atoms with Crippen molar-refractivity contribution >= 4 is 0 Å². The standard InChI is InChI=1S/C16H22FNO3/c1-18-13-7-16(19,8-14(18)10-21-9-13)6-11-5-12(17)3-4-15(11)20-2/h3-5,13-14,19H,6-10H2,1-2H3. The van der Waals surface area contributed by atoms with Gasteiger partial charge in [0.15, 0.2) is 0 Å². The maximum absolute atomic E-state index is 13.5. The molecule has 0 saturated carbocycles. The highest BCUT2D eigenvalue weighted by atomic mass is 19.1. The Kier molecular flexibility index (Phi) is 3.90. The largest absolute Gasteiger partial charge is 0.496 e. The number of rotatable bonds is 3. The highest BCUT2D eigenvalue weighted by Gasteiger charge is 2.44. The third-order valence-corrected chi connectivity index (χ3v) is 4.77. The number of aliphatic hydroxyl groups is 1. The van der Waals surface area contributed by atoms with Gasteiger partial charge in [-0.25, -0.2) is 4.39 Å². The van der Waals surface area contributed by atoms with Crippen molar-refractivity contribution in [3.63, 3.8) is 0 Å². The number of hydrogen-bond donors (Lipinski definition) is 1. The molecule has 1 aromatic carbocycles. The third kappa shape index (κ3) is 2.91. The van der Waals surface area contributed by atoms with Crippen molar-refractivity contribution in [3.05, 3.63) is 29.6 Å². The number of likely N-dealkylation sites (N-methyl/N-ethyl adjacent to an activating group) is 1. The van der Waals surface area contributed by atoms with Crippen LogP contribution >= 0.6 is 0 Å². The lowest BCUT2D eigenvalue weighted by Gasteiger charge is -2.50. The predicted molar refractivity (Wildman–Crippen MR) is 77.0 cm³/mol. The molecule has 0 aliphatic carbocycles. The van der Waals surface area contributed by atoms with Crippen LogP contribution in [0, 0.1) is 5.82 Å². The number of hydrogen-bond acceptors (Lipinski definition) is 4. The van der Waals surface area contributed by atoms with Gasteiger partial charge in [0.1, 0.15) is 11.6 Å². The van der Waals surface area contributed by atoms with Gasteiger partial charge in [0, 0.05) is 18.5 Å². The Labute approximate surface area is 124 Å². The van der Waals surface area contributed by atoms with E-state index in [1.807, 2.05) is 0 Å². The first-order valence-corrected chi connectivity index (χ1v) is 7.35. The van der Waals surface area contributed by atoms with Crippen molar-refractivity contribution in [1.82, 2.24) is 4.90 Å². The summed E-state index contributed by atoms with van der Waals surface area (Å²) in [6.45, 7) is 1.30. The molecular formula is C16H22FNO3. The molecule has 2 heterocycles. The summed E-state index contributed by atoms with van der Waals surface area (Å²) >= 11 is 0. The Morgan fingerprint density at radius 1 is 1.38 bits per heavy atom. The van der Waals surface area contributed by atoms with E-state index in [4.69, 9.17) is 9.47 Å². The van der Waals surface area contributed by atoms with Crippen LogP contribution in [0.25, 0.3) is 0 Å². The second kappa shape index (κ2) is 5.55. The zero-order valence-corrected chi connectivity index (χ0v) is 12.5. The molecule has 4 nitrogen and oxygen atoms in total. The molecule has 0 aromatic heterocycles. The van der Waals surface area contributed by atoms with Crippen molar-refractivity contribution in [2.24, 2.45) is 0 Å². The average molecular weight is 295 g/mol. The van der Waals surface area contributed by atoms with Crippen LogP contribution in [0.5, 0.6) is 5.75 Å². The number of nitrogens with zero attached hydrogens (tertiary/aromatic N) is 1. The second-order valence-electron chi connectivity index (χ2n) is 6.28. The van der Waals surface area contributed by atoms with Crippen LogP contribution in [-0.4, -0.2) is 55.1 Å². The van der Waals surface area contributed by atoms with E-state index in [0.29, 0.717) is 38.2 Å². The molecule has 2 saturated heterocycles. The Bertz CT molecular complexity index is 508. The van der Waals surface area contributed by atoms with Crippen molar-refractivity contribution in [2.45, 2.75) is 36.9 Å². The van der Waals surface area contributed by atoms with Crippen LogP contribution in [0.4, 0.5) is 4.39 Å². The molecule has 2 aliphatic rings. The zero-order valence-electron chi connectivity index (χ0n) is 12.5. The lowest BCUT2D eigenvalue weighted by Crippen LogP contribution is -2.60. The Morgan fingerprint density at radius 2 is 2.05 bits per heavy atom.